The van der Waals surface area contributed by atoms with E-state index >= 15 is 0 Å². The third-order valence-electron chi connectivity index (χ3n) is 9.20. The molecule has 1 aromatic rings. The Morgan fingerprint density at radius 3 is 1.17 bits per heavy atom. The molecule has 0 radical (unpaired) electrons. The second-order valence-electron chi connectivity index (χ2n) is 13.4. The SMILES string of the molecule is CC1(C)OB(Cc2ccc(C(B3OC(C)(C)C(C)(C)O3)B3OC(C)(C)C(C)(C)O3)cc2)OC1(C)C. The number of hydrogen-bond acceptors (Lipinski definition) is 6. The molecule has 0 saturated carbocycles. The molecule has 0 unspecified atom stereocenters. The Labute approximate surface area is 213 Å². The zero-order valence-corrected chi connectivity index (χ0v) is 23.8. The fourth-order valence-corrected chi connectivity index (χ4v) is 4.63. The average Bonchev–Trinajstić information content (AvgIpc) is 3.10. The molecule has 0 amide bonds. The molecule has 0 aliphatic carbocycles. The van der Waals surface area contributed by atoms with Crippen LogP contribution in [0.15, 0.2) is 24.3 Å². The van der Waals surface area contributed by atoms with Crippen LogP contribution in [0.25, 0.3) is 0 Å². The van der Waals surface area contributed by atoms with Gasteiger partial charge in [0.15, 0.2) is 0 Å². The van der Waals surface area contributed by atoms with Crippen molar-refractivity contribution < 1.29 is 27.9 Å². The number of hydrogen-bond donors (Lipinski definition) is 0. The molecule has 0 spiro atoms. The molecule has 3 aliphatic rings. The molecule has 4 rings (SSSR count). The van der Waals surface area contributed by atoms with Gasteiger partial charge in [0.05, 0.1) is 39.3 Å². The van der Waals surface area contributed by atoms with Crippen molar-refractivity contribution in [2.45, 2.75) is 129 Å². The van der Waals surface area contributed by atoms with Gasteiger partial charge in [-0.25, -0.2) is 0 Å². The Kier molecular flexibility index (Phi) is 6.48. The first-order chi connectivity index (χ1) is 15.8. The van der Waals surface area contributed by atoms with Gasteiger partial charge in [-0.1, -0.05) is 24.3 Å². The lowest BCUT2D eigenvalue weighted by Gasteiger charge is -2.32. The van der Waals surface area contributed by atoms with Gasteiger partial charge in [-0.2, -0.15) is 0 Å². The first-order valence-corrected chi connectivity index (χ1v) is 12.9. The van der Waals surface area contributed by atoms with Crippen molar-refractivity contribution in [2.24, 2.45) is 0 Å². The molecular weight excluding hydrogens is 441 g/mol. The minimum absolute atomic E-state index is 0.247. The average molecular weight is 484 g/mol. The zero-order chi connectivity index (χ0) is 26.2. The van der Waals surface area contributed by atoms with Crippen molar-refractivity contribution in [2.75, 3.05) is 0 Å². The summed E-state index contributed by atoms with van der Waals surface area (Å²) in [5.74, 6) is 0. The van der Waals surface area contributed by atoms with Gasteiger partial charge in [-0.05, 0) is 94.2 Å². The highest BCUT2D eigenvalue weighted by Gasteiger charge is 2.62. The van der Waals surface area contributed by atoms with E-state index in [4.69, 9.17) is 27.9 Å². The molecule has 3 aliphatic heterocycles. The van der Waals surface area contributed by atoms with Crippen LogP contribution in [0.2, 0.25) is 0 Å². The summed E-state index contributed by atoms with van der Waals surface area (Å²) in [5, 5.41) is 0. The van der Waals surface area contributed by atoms with E-state index < -0.39 is 36.6 Å². The fraction of sp³-hybridized carbons (Fsp3) is 0.769. The summed E-state index contributed by atoms with van der Waals surface area (Å²) in [6, 6.07) is 8.51. The van der Waals surface area contributed by atoms with Crippen LogP contribution in [0, 0.1) is 0 Å². The molecular formula is C26H43B3O6. The minimum atomic E-state index is -0.497. The monoisotopic (exact) mass is 484 g/mol. The Morgan fingerprint density at radius 2 is 0.829 bits per heavy atom. The van der Waals surface area contributed by atoms with Gasteiger partial charge in [0.2, 0.25) is 0 Å². The first kappa shape index (κ1) is 27.2. The number of rotatable bonds is 5. The van der Waals surface area contributed by atoms with Crippen molar-refractivity contribution in [1.29, 1.82) is 0 Å². The lowest BCUT2D eigenvalue weighted by atomic mass is 9.49. The summed E-state index contributed by atoms with van der Waals surface area (Å²) in [5.41, 5.74) is -0.512. The minimum Gasteiger partial charge on any atom is -0.403 e. The molecule has 6 nitrogen and oxygen atoms in total. The fourth-order valence-electron chi connectivity index (χ4n) is 4.63. The molecule has 1 aromatic carbocycles. The third kappa shape index (κ3) is 4.77. The lowest BCUT2D eigenvalue weighted by Crippen LogP contribution is -2.41. The zero-order valence-electron chi connectivity index (χ0n) is 23.8. The maximum Gasteiger partial charge on any atom is 0.463 e. The van der Waals surface area contributed by atoms with Crippen LogP contribution in [0.1, 0.15) is 99.9 Å². The van der Waals surface area contributed by atoms with E-state index in [1.165, 1.54) is 0 Å². The van der Waals surface area contributed by atoms with E-state index in [-0.39, 0.29) is 24.0 Å². The standard InChI is InChI=1S/C26H43B3O6/c1-21(2)22(3,4)31-27(30-21)17-18-13-15-19(16-14-18)20(28-32-23(5,6)24(7,8)33-28)29-34-25(9,10)26(11,12)35-29/h13-16,20H,17H2,1-12H3. The van der Waals surface area contributed by atoms with Crippen molar-refractivity contribution in [1.82, 2.24) is 0 Å². The highest BCUT2D eigenvalue weighted by Crippen LogP contribution is 2.46. The molecule has 35 heavy (non-hydrogen) atoms. The van der Waals surface area contributed by atoms with Gasteiger partial charge >= 0.3 is 21.4 Å². The summed E-state index contributed by atoms with van der Waals surface area (Å²) < 4.78 is 38.4. The van der Waals surface area contributed by atoms with Crippen LogP contribution in [0.4, 0.5) is 0 Å². The van der Waals surface area contributed by atoms with Gasteiger partial charge in [0.25, 0.3) is 0 Å². The van der Waals surface area contributed by atoms with Crippen molar-refractivity contribution >= 4 is 21.4 Å². The van der Waals surface area contributed by atoms with Gasteiger partial charge in [0.1, 0.15) is 0 Å². The quantitative estimate of drug-likeness (QED) is 0.536. The van der Waals surface area contributed by atoms with E-state index in [1.807, 2.05) is 0 Å². The summed E-state index contributed by atoms with van der Waals surface area (Å²) in [6.07, 6.45) is 0.685. The Morgan fingerprint density at radius 1 is 0.514 bits per heavy atom. The molecule has 0 aromatic heterocycles. The maximum absolute atomic E-state index is 6.49. The van der Waals surface area contributed by atoms with E-state index in [9.17, 15) is 0 Å². The highest BCUT2D eigenvalue weighted by molar-refractivity contribution is 6.68. The summed E-state index contributed by atoms with van der Waals surface area (Å²) in [6.45, 7) is 24.9. The van der Waals surface area contributed by atoms with Crippen LogP contribution in [-0.4, -0.2) is 55.0 Å². The molecule has 192 valence electrons. The van der Waals surface area contributed by atoms with Crippen molar-refractivity contribution in [3.63, 3.8) is 0 Å². The van der Waals surface area contributed by atoms with E-state index in [0.717, 1.165) is 11.1 Å². The van der Waals surface area contributed by atoms with Crippen molar-refractivity contribution in [3.8, 4) is 0 Å². The van der Waals surface area contributed by atoms with Crippen LogP contribution in [0.5, 0.6) is 0 Å². The van der Waals surface area contributed by atoms with E-state index in [2.05, 4.69) is 107 Å². The van der Waals surface area contributed by atoms with Crippen LogP contribution in [-0.2, 0) is 34.2 Å². The molecule has 0 N–H and O–H groups in total. The largest absolute Gasteiger partial charge is 0.463 e. The smallest absolute Gasteiger partial charge is 0.403 e. The predicted molar refractivity (Wildman–Crippen MR) is 141 cm³/mol. The summed E-state index contributed by atoms with van der Waals surface area (Å²) >= 11 is 0. The maximum atomic E-state index is 6.49. The van der Waals surface area contributed by atoms with E-state index in [1.54, 1.807) is 0 Å². The van der Waals surface area contributed by atoms with E-state index in [0.29, 0.717) is 6.32 Å². The molecule has 0 atom stereocenters. The van der Waals surface area contributed by atoms with Crippen LogP contribution >= 0.6 is 0 Å². The molecule has 3 heterocycles. The molecule has 3 fully saturated rings. The highest BCUT2D eigenvalue weighted by atomic mass is 16.7. The second kappa shape index (κ2) is 8.34. The summed E-state index contributed by atoms with van der Waals surface area (Å²) in [4.78, 5) is 0. The number of benzene rings is 1. The summed E-state index contributed by atoms with van der Waals surface area (Å²) in [7, 11) is -1.26. The van der Waals surface area contributed by atoms with Gasteiger partial charge < -0.3 is 27.9 Å². The molecule has 9 heteroatoms. The Hall–Kier alpha value is -0.825. The van der Waals surface area contributed by atoms with Gasteiger partial charge in [-0.3, -0.25) is 0 Å². The van der Waals surface area contributed by atoms with Crippen LogP contribution in [0.3, 0.4) is 0 Å². The third-order valence-corrected chi connectivity index (χ3v) is 9.20. The molecule has 0 bridgehead atoms. The van der Waals surface area contributed by atoms with Crippen molar-refractivity contribution in [3.05, 3.63) is 35.4 Å². The topological polar surface area (TPSA) is 55.4 Å². The lowest BCUT2D eigenvalue weighted by molar-refractivity contribution is 0.00578. The van der Waals surface area contributed by atoms with Crippen LogP contribution < -0.4 is 0 Å². The predicted octanol–water partition coefficient (Wildman–Crippen LogP) is 5.21. The molecule has 3 saturated heterocycles. The Bertz CT molecular complexity index is 857. The van der Waals surface area contributed by atoms with Gasteiger partial charge in [0, 0.05) is 6.32 Å². The second-order valence-corrected chi connectivity index (χ2v) is 13.4. The Balaban J connectivity index is 1.59. The van der Waals surface area contributed by atoms with Gasteiger partial charge in [-0.15, -0.1) is 0 Å². The normalized spacial score (nSPS) is 27.7. The first-order valence-electron chi connectivity index (χ1n) is 12.9.